The fourth-order valence-electron chi connectivity index (χ4n) is 3.43. The highest BCUT2D eigenvalue weighted by molar-refractivity contribution is 6.30. The first-order chi connectivity index (χ1) is 14.3. The summed E-state index contributed by atoms with van der Waals surface area (Å²) >= 11 is 5.95. The molecule has 30 heavy (non-hydrogen) atoms. The minimum absolute atomic E-state index is 0.209. The van der Waals surface area contributed by atoms with E-state index >= 15 is 0 Å². The zero-order valence-electron chi connectivity index (χ0n) is 17.1. The summed E-state index contributed by atoms with van der Waals surface area (Å²) in [6.45, 7) is 6.20. The number of benzene rings is 2. The van der Waals surface area contributed by atoms with E-state index in [1.165, 1.54) is 12.1 Å². The minimum Gasteiger partial charge on any atom is -0.478 e. The van der Waals surface area contributed by atoms with Crippen LogP contribution < -0.4 is 5.32 Å². The van der Waals surface area contributed by atoms with E-state index in [0.717, 1.165) is 23.4 Å². The summed E-state index contributed by atoms with van der Waals surface area (Å²) in [6, 6.07) is 13.9. The topological polar surface area (TPSA) is 84.2 Å². The highest BCUT2D eigenvalue weighted by Gasteiger charge is 2.21. The zero-order chi connectivity index (χ0) is 21.8. The number of nitrogens with zero attached hydrogens (tertiary/aromatic N) is 2. The molecular formula is C23H24ClN3O3. The molecule has 0 saturated heterocycles. The average Bonchev–Trinajstić information content (AvgIpc) is 3.00. The third kappa shape index (κ3) is 4.89. The lowest BCUT2D eigenvalue weighted by Gasteiger charge is -2.16. The first-order valence-electron chi connectivity index (χ1n) is 9.68. The van der Waals surface area contributed by atoms with Gasteiger partial charge in [0, 0.05) is 11.6 Å². The van der Waals surface area contributed by atoms with Gasteiger partial charge in [-0.1, -0.05) is 35.9 Å². The van der Waals surface area contributed by atoms with Gasteiger partial charge in [-0.25, -0.2) is 9.78 Å². The van der Waals surface area contributed by atoms with Crippen molar-refractivity contribution in [3.63, 3.8) is 0 Å². The van der Waals surface area contributed by atoms with Crippen LogP contribution in [0.4, 0.5) is 0 Å². The van der Waals surface area contributed by atoms with Crippen molar-refractivity contribution < 1.29 is 14.7 Å². The molecule has 0 spiro atoms. The number of hydrogen-bond acceptors (Lipinski definition) is 3. The number of carbonyl (C=O) groups is 2. The molecule has 156 valence electrons. The quantitative estimate of drug-likeness (QED) is 0.580. The van der Waals surface area contributed by atoms with Crippen molar-refractivity contribution in [1.82, 2.24) is 14.9 Å². The third-order valence-electron chi connectivity index (χ3n) is 5.09. The molecule has 2 aromatic carbocycles. The lowest BCUT2D eigenvalue weighted by atomic mass is 10.1. The van der Waals surface area contributed by atoms with Crippen LogP contribution in [0, 0.1) is 13.8 Å². The van der Waals surface area contributed by atoms with E-state index in [9.17, 15) is 9.59 Å². The van der Waals surface area contributed by atoms with E-state index in [1.54, 1.807) is 12.1 Å². The molecule has 6 nitrogen and oxygen atoms in total. The Morgan fingerprint density at radius 2 is 1.73 bits per heavy atom. The van der Waals surface area contributed by atoms with Gasteiger partial charge in [0.2, 0.25) is 0 Å². The van der Waals surface area contributed by atoms with Gasteiger partial charge >= 0.3 is 5.97 Å². The van der Waals surface area contributed by atoms with Gasteiger partial charge in [0.1, 0.15) is 11.5 Å². The molecule has 1 unspecified atom stereocenters. The lowest BCUT2D eigenvalue weighted by molar-refractivity contribution is 0.0696. The van der Waals surface area contributed by atoms with Crippen LogP contribution in [0.15, 0.2) is 48.5 Å². The molecule has 7 heteroatoms. The molecule has 0 fully saturated rings. The van der Waals surface area contributed by atoms with Gasteiger partial charge in [-0.2, -0.15) is 0 Å². The van der Waals surface area contributed by atoms with Crippen LogP contribution in [-0.4, -0.2) is 26.5 Å². The Labute approximate surface area is 180 Å². The van der Waals surface area contributed by atoms with Crippen molar-refractivity contribution in [2.24, 2.45) is 0 Å². The maximum Gasteiger partial charge on any atom is 0.335 e. The molecule has 1 heterocycles. The number of imidazole rings is 1. The van der Waals surface area contributed by atoms with Crippen molar-refractivity contribution in [3.05, 3.63) is 87.5 Å². The van der Waals surface area contributed by atoms with E-state index in [2.05, 4.69) is 10.3 Å². The summed E-state index contributed by atoms with van der Waals surface area (Å²) < 4.78 is 1.93. The van der Waals surface area contributed by atoms with Crippen molar-refractivity contribution in [2.75, 3.05) is 0 Å². The normalized spacial score (nSPS) is 11.9. The van der Waals surface area contributed by atoms with Crippen LogP contribution in [0.5, 0.6) is 0 Å². The molecule has 3 aromatic rings. The number of aromatic nitrogens is 2. The second kappa shape index (κ2) is 9.13. The molecule has 0 aliphatic carbocycles. The Hall–Kier alpha value is -3.12. The van der Waals surface area contributed by atoms with E-state index in [0.29, 0.717) is 23.0 Å². The van der Waals surface area contributed by atoms with Crippen molar-refractivity contribution in [3.8, 4) is 0 Å². The molecule has 0 radical (unpaired) electrons. The fourth-order valence-corrected chi connectivity index (χ4v) is 3.55. The molecule has 3 rings (SSSR count). The lowest BCUT2D eigenvalue weighted by Crippen LogP contribution is -2.29. The maximum atomic E-state index is 13.0. The summed E-state index contributed by atoms with van der Waals surface area (Å²) in [5, 5.41) is 12.7. The van der Waals surface area contributed by atoms with Gasteiger partial charge in [0.05, 0.1) is 17.3 Å². The number of carboxylic acid groups (broad SMARTS) is 1. The number of carbonyl (C=O) groups excluding carboxylic acids is 1. The number of halogens is 1. The van der Waals surface area contributed by atoms with Crippen LogP contribution in [0.25, 0.3) is 0 Å². The molecule has 0 aliphatic rings. The van der Waals surface area contributed by atoms with Crippen molar-refractivity contribution in [1.29, 1.82) is 0 Å². The molecule has 1 aromatic heterocycles. The SMILES string of the molecule is Cc1nc(C)n(CCc2ccc(Cl)cc2)c1C(=O)NC(C)c1ccc(C(=O)O)cc1. The van der Waals surface area contributed by atoms with Gasteiger partial charge in [-0.05, 0) is 62.6 Å². The number of aromatic carboxylic acids is 1. The Morgan fingerprint density at radius 3 is 2.33 bits per heavy atom. The highest BCUT2D eigenvalue weighted by atomic mass is 35.5. The number of hydrogen-bond donors (Lipinski definition) is 2. The second-order valence-corrected chi connectivity index (χ2v) is 7.68. The summed E-state index contributed by atoms with van der Waals surface area (Å²) in [5.74, 6) is -0.405. The first-order valence-corrected chi connectivity index (χ1v) is 10.1. The van der Waals surface area contributed by atoms with Crippen LogP contribution in [-0.2, 0) is 13.0 Å². The van der Waals surface area contributed by atoms with Crippen LogP contribution in [0.1, 0.15) is 56.5 Å². The number of carboxylic acids is 1. The molecule has 1 amide bonds. The average molecular weight is 426 g/mol. The van der Waals surface area contributed by atoms with Gasteiger partial charge in [0.15, 0.2) is 0 Å². The molecule has 2 N–H and O–H groups in total. The van der Waals surface area contributed by atoms with Crippen LogP contribution >= 0.6 is 11.6 Å². The number of aryl methyl sites for hydroxylation is 3. The predicted octanol–water partition coefficient (Wildman–Crippen LogP) is 4.59. The van der Waals surface area contributed by atoms with E-state index < -0.39 is 5.97 Å². The monoisotopic (exact) mass is 425 g/mol. The van der Waals surface area contributed by atoms with Gasteiger partial charge in [-0.15, -0.1) is 0 Å². The number of amides is 1. The first kappa shape index (κ1) is 21.6. The Bertz CT molecular complexity index is 1060. The Kier molecular flexibility index (Phi) is 6.57. The number of rotatable bonds is 7. The molecule has 1 atom stereocenters. The van der Waals surface area contributed by atoms with Gasteiger partial charge in [0.25, 0.3) is 5.91 Å². The third-order valence-corrected chi connectivity index (χ3v) is 5.34. The van der Waals surface area contributed by atoms with E-state index in [4.69, 9.17) is 16.7 Å². The summed E-state index contributed by atoms with van der Waals surface area (Å²) in [5.41, 5.74) is 3.38. The van der Waals surface area contributed by atoms with Gasteiger partial charge in [-0.3, -0.25) is 4.79 Å². The van der Waals surface area contributed by atoms with Gasteiger partial charge < -0.3 is 15.0 Å². The Morgan fingerprint density at radius 1 is 1.10 bits per heavy atom. The van der Waals surface area contributed by atoms with E-state index in [-0.39, 0.29) is 17.5 Å². The largest absolute Gasteiger partial charge is 0.478 e. The van der Waals surface area contributed by atoms with Crippen molar-refractivity contribution in [2.45, 2.75) is 39.8 Å². The van der Waals surface area contributed by atoms with Crippen LogP contribution in [0.3, 0.4) is 0 Å². The highest BCUT2D eigenvalue weighted by Crippen LogP contribution is 2.18. The zero-order valence-corrected chi connectivity index (χ0v) is 17.9. The molecule has 0 saturated carbocycles. The Balaban J connectivity index is 1.75. The maximum absolute atomic E-state index is 13.0. The number of nitrogens with one attached hydrogen (secondary N) is 1. The summed E-state index contributed by atoms with van der Waals surface area (Å²) in [7, 11) is 0. The van der Waals surface area contributed by atoms with E-state index in [1.807, 2.05) is 49.6 Å². The second-order valence-electron chi connectivity index (χ2n) is 7.24. The predicted molar refractivity (Wildman–Crippen MR) is 116 cm³/mol. The standard InChI is InChI=1S/C23H24ClN3O3/c1-14(18-6-8-19(9-7-18)23(29)30)26-22(28)21-15(2)25-16(3)27(21)13-12-17-4-10-20(24)11-5-17/h4-11,14H,12-13H2,1-3H3,(H,26,28)(H,29,30). The minimum atomic E-state index is -0.978. The molecular weight excluding hydrogens is 402 g/mol. The smallest absolute Gasteiger partial charge is 0.335 e. The molecule has 0 bridgehead atoms. The summed E-state index contributed by atoms with van der Waals surface area (Å²) in [6.07, 6.45) is 0.750. The van der Waals surface area contributed by atoms with Crippen molar-refractivity contribution >= 4 is 23.5 Å². The van der Waals surface area contributed by atoms with Crippen LogP contribution in [0.2, 0.25) is 5.02 Å². The fraction of sp³-hybridized carbons (Fsp3) is 0.261. The summed E-state index contributed by atoms with van der Waals surface area (Å²) in [4.78, 5) is 28.5. The molecule has 0 aliphatic heterocycles.